The molecule has 0 unspecified atom stereocenters. The molecule has 2 N–H and O–H groups in total. The summed E-state index contributed by atoms with van der Waals surface area (Å²) in [6, 6.07) is 15.1. The molecule has 3 rings (SSSR count). The van der Waals surface area contributed by atoms with E-state index >= 15 is 0 Å². The largest absolute Gasteiger partial charge is 0.355 e. The van der Waals surface area contributed by atoms with Crippen LogP contribution in [0, 0.1) is 5.92 Å². The molecule has 1 aromatic carbocycles. The van der Waals surface area contributed by atoms with Crippen molar-refractivity contribution in [3.63, 3.8) is 0 Å². The van der Waals surface area contributed by atoms with Gasteiger partial charge in [-0.2, -0.15) is 0 Å². The van der Waals surface area contributed by atoms with E-state index < -0.39 is 0 Å². The zero-order valence-electron chi connectivity index (χ0n) is 14.9. The lowest BCUT2D eigenvalue weighted by Gasteiger charge is -2.19. The standard InChI is InChI=1S/C21H25N3O2/c25-19(13-15-23-21(26)17-10-4-5-11-17)24-20(16-8-2-1-3-9-16)18-12-6-7-14-22-18/h1-3,6-9,12,14,17,20H,4-5,10-11,13,15H2,(H,23,26)(H,24,25)/t20-/m0/s1. The molecule has 1 atom stereocenters. The van der Waals surface area contributed by atoms with E-state index in [0.717, 1.165) is 36.9 Å². The zero-order valence-corrected chi connectivity index (χ0v) is 14.9. The van der Waals surface area contributed by atoms with Gasteiger partial charge in [-0.1, -0.05) is 49.2 Å². The van der Waals surface area contributed by atoms with Gasteiger partial charge in [-0.15, -0.1) is 0 Å². The minimum Gasteiger partial charge on any atom is -0.355 e. The maximum Gasteiger partial charge on any atom is 0.223 e. The van der Waals surface area contributed by atoms with Gasteiger partial charge in [-0.25, -0.2) is 0 Å². The van der Waals surface area contributed by atoms with Crippen LogP contribution in [0.25, 0.3) is 0 Å². The lowest BCUT2D eigenvalue weighted by molar-refractivity contribution is -0.125. The number of nitrogens with zero attached hydrogens (tertiary/aromatic N) is 1. The van der Waals surface area contributed by atoms with Crippen molar-refractivity contribution in [2.24, 2.45) is 5.92 Å². The van der Waals surface area contributed by atoms with Gasteiger partial charge in [0, 0.05) is 25.1 Å². The summed E-state index contributed by atoms with van der Waals surface area (Å²) in [5, 5.41) is 5.93. The summed E-state index contributed by atoms with van der Waals surface area (Å²) in [4.78, 5) is 28.8. The Morgan fingerprint density at radius 2 is 1.77 bits per heavy atom. The van der Waals surface area contributed by atoms with Gasteiger partial charge in [0.15, 0.2) is 0 Å². The van der Waals surface area contributed by atoms with Gasteiger partial charge in [-0.05, 0) is 30.5 Å². The Kier molecular flexibility index (Phi) is 6.36. The summed E-state index contributed by atoms with van der Waals surface area (Å²) in [5.74, 6) is 0.111. The van der Waals surface area contributed by atoms with Crippen molar-refractivity contribution in [2.45, 2.75) is 38.1 Å². The molecule has 0 spiro atoms. The molecule has 2 amide bonds. The van der Waals surface area contributed by atoms with Crippen molar-refractivity contribution < 1.29 is 9.59 Å². The summed E-state index contributed by atoms with van der Waals surface area (Å²) >= 11 is 0. The van der Waals surface area contributed by atoms with Gasteiger partial charge >= 0.3 is 0 Å². The Morgan fingerprint density at radius 1 is 1.04 bits per heavy atom. The van der Waals surface area contributed by atoms with Gasteiger partial charge < -0.3 is 10.6 Å². The number of nitrogens with one attached hydrogen (secondary N) is 2. The second-order valence-corrected chi connectivity index (χ2v) is 6.69. The number of benzene rings is 1. The van der Waals surface area contributed by atoms with Crippen molar-refractivity contribution in [3.05, 3.63) is 66.0 Å². The third-order valence-corrected chi connectivity index (χ3v) is 4.80. The van der Waals surface area contributed by atoms with Crippen molar-refractivity contribution >= 4 is 11.8 Å². The number of hydrogen-bond donors (Lipinski definition) is 2. The first-order chi connectivity index (χ1) is 12.7. The molecular weight excluding hydrogens is 326 g/mol. The molecule has 136 valence electrons. The van der Waals surface area contributed by atoms with Gasteiger partial charge in [0.05, 0.1) is 11.7 Å². The van der Waals surface area contributed by atoms with Crippen LogP contribution in [0.2, 0.25) is 0 Å². The van der Waals surface area contributed by atoms with Crippen LogP contribution in [0.3, 0.4) is 0 Å². The van der Waals surface area contributed by atoms with Crippen LogP contribution in [0.1, 0.15) is 49.4 Å². The van der Waals surface area contributed by atoms with Gasteiger partial charge in [-0.3, -0.25) is 14.6 Å². The molecule has 26 heavy (non-hydrogen) atoms. The van der Waals surface area contributed by atoms with Crippen LogP contribution in [0.4, 0.5) is 0 Å². The Balaban J connectivity index is 1.56. The number of carbonyl (C=O) groups is 2. The van der Waals surface area contributed by atoms with E-state index in [4.69, 9.17) is 0 Å². The van der Waals surface area contributed by atoms with Crippen molar-refractivity contribution in [1.82, 2.24) is 15.6 Å². The van der Waals surface area contributed by atoms with Gasteiger partial charge in [0.1, 0.15) is 0 Å². The second kappa shape index (κ2) is 9.13. The Hall–Kier alpha value is -2.69. The summed E-state index contributed by atoms with van der Waals surface area (Å²) < 4.78 is 0. The maximum atomic E-state index is 12.4. The van der Waals surface area contributed by atoms with E-state index in [2.05, 4.69) is 15.6 Å². The third kappa shape index (κ3) is 4.91. The molecule has 5 heteroatoms. The summed E-state index contributed by atoms with van der Waals surface area (Å²) in [6.07, 6.45) is 6.16. The molecule has 1 aliphatic rings. The number of rotatable bonds is 7. The first-order valence-electron chi connectivity index (χ1n) is 9.27. The lowest BCUT2D eigenvalue weighted by Crippen LogP contribution is -2.35. The predicted molar refractivity (Wildman–Crippen MR) is 100 cm³/mol. The van der Waals surface area contributed by atoms with E-state index in [9.17, 15) is 9.59 Å². The van der Waals surface area contributed by atoms with Crippen molar-refractivity contribution in [3.8, 4) is 0 Å². The molecule has 5 nitrogen and oxygen atoms in total. The van der Waals surface area contributed by atoms with E-state index in [1.807, 2.05) is 48.5 Å². The van der Waals surface area contributed by atoms with Gasteiger partial charge in [0.25, 0.3) is 0 Å². The highest BCUT2D eigenvalue weighted by atomic mass is 16.2. The molecular formula is C21H25N3O2. The zero-order chi connectivity index (χ0) is 18.2. The third-order valence-electron chi connectivity index (χ3n) is 4.80. The van der Waals surface area contributed by atoms with Crippen LogP contribution in [0.15, 0.2) is 54.7 Å². The monoisotopic (exact) mass is 351 g/mol. The van der Waals surface area contributed by atoms with E-state index in [0.29, 0.717) is 6.54 Å². The SMILES string of the molecule is O=C(CCNC(=O)C1CCCC1)N[C@@H](c1ccccc1)c1ccccn1. The highest BCUT2D eigenvalue weighted by molar-refractivity contribution is 5.81. The molecule has 1 saturated carbocycles. The number of carbonyl (C=O) groups excluding carboxylic acids is 2. The smallest absolute Gasteiger partial charge is 0.223 e. The first kappa shape index (κ1) is 18.1. The fraction of sp³-hybridized carbons (Fsp3) is 0.381. The molecule has 0 aliphatic heterocycles. The quantitative estimate of drug-likeness (QED) is 0.805. The van der Waals surface area contributed by atoms with Gasteiger partial charge in [0.2, 0.25) is 11.8 Å². The number of aromatic nitrogens is 1. The molecule has 0 bridgehead atoms. The van der Waals surface area contributed by atoms with Crippen molar-refractivity contribution in [1.29, 1.82) is 0 Å². The molecule has 1 aromatic heterocycles. The Labute approximate surface area is 154 Å². The van der Waals surface area contributed by atoms with E-state index in [1.54, 1.807) is 6.20 Å². The normalized spacial score (nSPS) is 15.4. The van der Waals surface area contributed by atoms with Crippen LogP contribution in [-0.4, -0.2) is 23.3 Å². The average molecular weight is 351 g/mol. The minimum atomic E-state index is -0.296. The van der Waals surface area contributed by atoms with Crippen LogP contribution >= 0.6 is 0 Å². The van der Waals surface area contributed by atoms with Crippen LogP contribution in [-0.2, 0) is 9.59 Å². The maximum absolute atomic E-state index is 12.4. The Morgan fingerprint density at radius 3 is 2.46 bits per heavy atom. The number of pyridine rings is 1. The fourth-order valence-electron chi connectivity index (χ4n) is 3.38. The fourth-order valence-corrected chi connectivity index (χ4v) is 3.38. The number of hydrogen-bond acceptors (Lipinski definition) is 3. The lowest BCUT2D eigenvalue weighted by atomic mass is 10.0. The van der Waals surface area contributed by atoms with Crippen LogP contribution in [0.5, 0.6) is 0 Å². The summed E-state index contributed by atoms with van der Waals surface area (Å²) in [7, 11) is 0. The molecule has 1 aliphatic carbocycles. The van der Waals surface area contributed by atoms with Crippen molar-refractivity contribution in [2.75, 3.05) is 6.54 Å². The second-order valence-electron chi connectivity index (χ2n) is 6.69. The highest BCUT2D eigenvalue weighted by Crippen LogP contribution is 2.24. The first-order valence-corrected chi connectivity index (χ1v) is 9.27. The van der Waals surface area contributed by atoms with E-state index in [1.165, 1.54) is 0 Å². The molecule has 1 fully saturated rings. The molecule has 0 saturated heterocycles. The minimum absolute atomic E-state index is 0.0830. The summed E-state index contributed by atoms with van der Waals surface area (Å²) in [5.41, 5.74) is 1.77. The molecule has 0 radical (unpaired) electrons. The summed E-state index contributed by atoms with van der Waals surface area (Å²) in [6.45, 7) is 0.366. The Bertz CT molecular complexity index is 673. The highest BCUT2D eigenvalue weighted by Gasteiger charge is 2.22. The molecule has 2 aromatic rings. The average Bonchev–Trinajstić information content (AvgIpc) is 3.22. The predicted octanol–water partition coefficient (Wildman–Crippen LogP) is 2.98. The topological polar surface area (TPSA) is 71.1 Å². The van der Waals surface area contributed by atoms with E-state index in [-0.39, 0.29) is 30.2 Å². The number of amides is 2. The molecule has 1 heterocycles. The van der Waals surface area contributed by atoms with Crippen LogP contribution < -0.4 is 10.6 Å².